The van der Waals surface area contributed by atoms with Gasteiger partial charge in [0.1, 0.15) is 0 Å². The molecule has 0 aliphatic rings. The molecule has 0 atom stereocenters. The van der Waals surface area contributed by atoms with Crippen LogP contribution in [0.5, 0.6) is 11.5 Å². The van der Waals surface area contributed by atoms with Gasteiger partial charge in [-0.1, -0.05) is 24.3 Å². The molecule has 5 nitrogen and oxygen atoms in total. The molecular formula is C19H16N2O3. The first-order valence-electron chi connectivity index (χ1n) is 7.35. The fourth-order valence-corrected chi connectivity index (χ4v) is 2.35. The van der Waals surface area contributed by atoms with Crippen LogP contribution in [0.15, 0.2) is 54.9 Å². The Bertz CT molecular complexity index is 866. The van der Waals surface area contributed by atoms with Crippen LogP contribution in [-0.2, 0) is 0 Å². The van der Waals surface area contributed by atoms with Gasteiger partial charge in [-0.05, 0) is 41.5 Å². The van der Waals surface area contributed by atoms with E-state index in [0.717, 1.165) is 16.8 Å². The average molecular weight is 320 g/mol. The number of hydrogen-bond donors (Lipinski definition) is 1. The Labute approximate surface area is 139 Å². The normalized spacial score (nSPS) is 10.9. The quantitative estimate of drug-likeness (QED) is 0.576. The molecule has 0 spiro atoms. The maximum absolute atomic E-state index is 11.0. The molecule has 0 aliphatic heterocycles. The molecule has 3 rings (SSSR count). The van der Waals surface area contributed by atoms with E-state index in [-0.39, 0.29) is 17.1 Å². The van der Waals surface area contributed by atoms with Gasteiger partial charge >= 0.3 is 0 Å². The molecule has 0 saturated carbocycles. The Morgan fingerprint density at radius 2 is 1.88 bits per heavy atom. The minimum Gasteiger partial charge on any atom is -0.504 e. The molecule has 5 heteroatoms. The number of nitrogens with zero attached hydrogens (tertiary/aromatic N) is 2. The van der Waals surface area contributed by atoms with E-state index in [2.05, 4.69) is 5.10 Å². The Morgan fingerprint density at radius 1 is 1.12 bits per heavy atom. The molecule has 120 valence electrons. The lowest BCUT2D eigenvalue weighted by Crippen LogP contribution is -1.93. The summed E-state index contributed by atoms with van der Waals surface area (Å²) in [5.74, 6) is 0.126. The van der Waals surface area contributed by atoms with Gasteiger partial charge in [0, 0.05) is 12.4 Å². The van der Waals surface area contributed by atoms with E-state index in [0.29, 0.717) is 6.29 Å². The van der Waals surface area contributed by atoms with Crippen molar-refractivity contribution in [2.45, 2.75) is 0 Å². The van der Waals surface area contributed by atoms with E-state index in [1.807, 2.05) is 48.7 Å². The molecule has 1 aromatic heterocycles. The third kappa shape index (κ3) is 3.20. The summed E-state index contributed by atoms with van der Waals surface area (Å²) in [5, 5.41) is 14.0. The van der Waals surface area contributed by atoms with Gasteiger partial charge in [-0.15, -0.1) is 0 Å². The highest BCUT2D eigenvalue weighted by Crippen LogP contribution is 2.31. The van der Waals surface area contributed by atoms with Crippen molar-refractivity contribution in [3.8, 4) is 17.2 Å². The van der Waals surface area contributed by atoms with Crippen molar-refractivity contribution in [2.24, 2.45) is 0 Å². The van der Waals surface area contributed by atoms with Crippen LogP contribution < -0.4 is 4.74 Å². The van der Waals surface area contributed by atoms with Crippen LogP contribution in [-0.4, -0.2) is 28.3 Å². The zero-order valence-electron chi connectivity index (χ0n) is 13.1. The smallest absolute Gasteiger partial charge is 0.168 e. The summed E-state index contributed by atoms with van der Waals surface area (Å²) in [6, 6.07) is 13.1. The average Bonchev–Trinajstić information content (AvgIpc) is 3.16. The molecule has 2 aromatic carbocycles. The Balaban J connectivity index is 1.84. The van der Waals surface area contributed by atoms with Gasteiger partial charge < -0.3 is 9.84 Å². The van der Waals surface area contributed by atoms with Gasteiger partial charge in [0.05, 0.1) is 18.4 Å². The van der Waals surface area contributed by atoms with Crippen molar-refractivity contribution in [1.82, 2.24) is 9.78 Å². The van der Waals surface area contributed by atoms with E-state index < -0.39 is 0 Å². The van der Waals surface area contributed by atoms with E-state index in [9.17, 15) is 9.90 Å². The number of ether oxygens (including phenoxy) is 1. The van der Waals surface area contributed by atoms with E-state index in [1.165, 1.54) is 7.11 Å². The minimum absolute atomic E-state index is 0.145. The second-order valence-corrected chi connectivity index (χ2v) is 5.15. The number of aldehydes is 1. The van der Waals surface area contributed by atoms with Crippen molar-refractivity contribution in [3.05, 3.63) is 71.5 Å². The van der Waals surface area contributed by atoms with Gasteiger partial charge in [0.15, 0.2) is 17.8 Å². The number of phenols is 1. The maximum atomic E-state index is 11.0. The number of phenolic OH excluding ortho intramolecular Hbond substituents is 1. The van der Waals surface area contributed by atoms with E-state index >= 15 is 0 Å². The Morgan fingerprint density at radius 3 is 2.50 bits per heavy atom. The van der Waals surface area contributed by atoms with Crippen molar-refractivity contribution >= 4 is 18.4 Å². The van der Waals surface area contributed by atoms with Crippen molar-refractivity contribution < 1.29 is 14.6 Å². The van der Waals surface area contributed by atoms with Crippen molar-refractivity contribution in [3.63, 3.8) is 0 Å². The number of carbonyl (C=O) groups excluding carboxylic acids is 1. The zero-order chi connectivity index (χ0) is 16.9. The Kier molecular flexibility index (Phi) is 4.43. The highest BCUT2D eigenvalue weighted by atomic mass is 16.5. The summed E-state index contributed by atoms with van der Waals surface area (Å²) in [7, 11) is 1.45. The van der Waals surface area contributed by atoms with Gasteiger partial charge in [0.2, 0.25) is 0 Å². The zero-order valence-corrected chi connectivity index (χ0v) is 13.1. The number of aromatic hydroxyl groups is 1. The SMILES string of the molecule is COc1cc(C=Cc2ccc(-n3cccn3)cc2)cc(C=O)c1O. The first-order chi connectivity index (χ1) is 11.7. The molecule has 0 bridgehead atoms. The topological polar surface area (TPSA) is 64.4 Å². The first kappa shape index (κ1) is 15.6. The predicted molar refractivity (Wildman–Crippen MR) is 92.5 cm³/mol. The maximum Gasteiger partial charge on any atom is 0.168 e. The minimum atomic E-state index is -0.145. The number of hydrogen-bond acceptors (Lipinski definition) is 4. The molecule has 3 aromatic rings. The molecule has 0 saturated heterocycles. The molecule has 1 heterocycles. The number of rotatable bonds is 5. The van der Waals surface area contributed by atoms with Crippen LogP contribution in [0.1, 0.15) is 21.5 Å². The highest BCUT2D eigenvalue weighted by molar-refractivity contribution is 5.84. The molecule has 0 amide bonds. The van der Waals surface area contributed by atoms with Gasteiger partial charge in [-0.3, -0.25) is 4.79 Å². The summed E-state index contributed by atoms with van der Waals surface area (Å²) >= 11 is 0. The standard InChI is InChI=1S/C19H16N2O3/c1-24-18-12-15(11-16(13-22)19(18)23)4-3-14-5-7-17(8-6-14)21-10-2-9-20-21/h2-13,23H,1H3. The summed E-state index contributed by atoms with van der Waals surface area (Å²) in [6.07, 6.45) is 8.00. The number of aromatic nitrogens is 2. The molecule has 0 radical (unpaired) electrons. The number of benzene rings is 2. The second-order valence-electron chi connectivity index (χ2n) is 5.15. The fourth-order valence-electron chi connectivity index (χ4n) is 2.35. The van der Waals surface area contributed by atoms with Crippen LogP contribution in [0.3, 0.4) is 0 Å². The lowest BCUT2D eigenvalue weighted by molar-refractivity contribution is 0.112. The number of methoxy groups -OCH3 is 1. The molecular weight excluding hydrogens is 304 g/mol. The van der Waals surface area contributed by atoms with Crippen LogP contribution >= 0.6 is 0 Å². The summed E-state index contributed by atoms with van der Waals surface area (Å²) in [6.45, 7) is 0. The Hall–Kier alpha value is -3.34. The second kappa shape index (κ2) is 6.83. The van der Waals surface area contributed by atoms with Crippen molar-refractivity contribution in [2.75, 3.05) is 7.11 Å². The summed E-state index contributed by atoms with van der Waals surface area (Å²) in [5.41, 5.74) is 2.95. The summed E-state index contributed by atoms with van der Waals surface area (Å²) < 4.78 is 6.87. The third-order valence-electron chi connectivity index (χ3n) is 3.60. The molecule has 0 aliphatic carbocycles. The first-order valence-corrected chi connectivity index (χ1v) is 7.35. The van der Waals surface area contributed by atoms with E-state index in [4.69, 9.17) is 4.74 Å². The molecule has 24 heavy (non-hydrogen) atoms. The van der Waals surface area contributed by atoms with Crippen LogP contribution in [0, 0.1) is 0 Å². The molecule has 0 fully saturated rings. The third-order valence-corrected chi connectivity index (χ3v) is 3.60. The van der Waals surface area contributed by atoms with Crippen molar-refractivity contribution in [1.29, 1.82) is 0 Å². The van der Waals surface area contributed by atoms with E-state index in [1.54, 1.807) is 23.0 Å². The highest BCUT2D eigenvalue weighted by Gasteiger charge is 2.08. The largest absolute Gasteiger partial charge is 0.504 e. The van der Waals surface area contributed by atoms with Crippen LogP contribution in [0.2, 0.25) is 0 Å². The monoisotopic (exact) mass is 320 g/mol. The summed E-state index contributed by atoms with van der Waals surface area (Å²) in [4.78, 5) is 11.0. The van der Waals surface area contributed by atoms with Gasteiger partial charge in [-0.2, -0.15) is 5.10 Å². The number of carbonyl (C=O) groups is 1. The van der Waals surface area contributed by atoms with Gasteiger partial charge in [0.25, 0.3) is 0 Å². The lowest BCUT2D eigenvalue weighted by Gasteiger charge is -2.07. The fraction of sp³-hybridized carbons (Fsp3) is 0.0526. The lowest BCUT2D eigenvalue weighted by atomic mass is 10.1. The molecule has 0 unspecified atom stereocenters. The van der Waals surface area contributed by atoms with Crippen LogP contribution in [0.4, 0.5) is 0 Å². The van der Waals surface area contributed by atoms with Gasteiger partial charge in [-0.25, -0.2) is 4.68 Å². The predicted octanol–water partition coefficient (Wildman–Crippen LogP) is 3.57. The van der Waals surface area contributed by atoms with Crippen LogP contribution in [0.25, 0.3) is 17.8 Å². The molecule has 1 N–H and O–H groups in total.